The fraction of sp³-hybridized carbons (Fsp3) is 0.316. The molecule has 0 bridgehead atoms. The molecule has 26 heavy (non-hydrogen) atoms. The fourth-order valence-electron chi connectivity index (χ4n) is 3.45. The molecule has 2 aliphatic rings. The highest BCUT2D eigenvalue weighted by molar-refractivity contribution is 5.79. The maximum absolute atomic E-state index is 12.5. The van der Waals surface area contributed by atoms with Gasteiger partial charge < -0.3 is 14.4 Å². The number of likely N-dealkylation sites (tertiary alicyclic amines) is 1. The number of amides is 1. The lowest BCUT2D eigenvalue weighted by atomic mass is 9.98. The minimum Gasteiger partial charge on any atom is -0.454 e. The SMILES string of the molecule is O=C(Cc1ccc([N+](=O)[O-])cc1)N1CCC(c2ccc3c(c2)OCO3)C1. The summed E-state index contributed by atoms with van der Waals surface area (Å²) in [7, 11) is 0. The van der Waals surface area contributed by atoms with Gasteiger partial charge in [-0.05, 0) is 29.7 Å². The van der Waals surface area contributed by atoms with Crippen molar-refractivity contribution in [3.05, 3.63) is 63.7 Å². The fourth-order valence-corrected chi connectivity index (χ4v) is 3.45. The van der Waals surface area contributed by atoms with Crippen molar-refractivity contribution in [3.63, 3.8) is 0 Å². The Labute approximate surface area is 150 Å². The number of rotatable bonds is 4. The average molecular weight is 354 g/mol. The molecule has 0 spiro atoms. The quantitative estimate of drug-likeness (QED) is 0.623. The summed E-state index contributed by atoms with van der Waals surface area (Å²) in [6.45, 7) is 1.64. The van der Waals surface area contributed by atoms with Gasteiger partial charge in [-0.25, -0.2) is 0 Å². The van der Waals surface area contributed by atoms with Crippen LogP contribution in [-0.4, -0.2) is 35.6 Å². The van der Waals surface area contributed by atoms with Crippen molar-refractivity contribution < 1.29 is 19.2 Å². The minimum absolute atomic E-state index is 0.0326. The van der Waals surface area contributed by atoms with Gasteiger partial charge >= 0.3 is 0 Å². The van der Waals surface area contributed by atoms with Crippen molar-refractivity contribution in [2.75, 3.05) is 19.9 Å². The third-order valence-electron chi connectivity index (χ3n) is 4.91. The van der Waals surface area contributed by atoms with Crippen LogP contribution in [0.25, 0.3) is 0 Å². The van der Waals surface area contributed by atoms with Gasteiger partial charge in [0.05, 0.1) is 11.3 Å². The van der Waals surface area contributed by atoms with Crippen LogP contribution in [0.15, 0.2) is 42.5 Å². The number of carbonyl (C=O) groups is 1. The second kappa shape index (κ2) is 6.67. The van der Waals surface area contributed by atoms with Crippen LogP contribution < -0.4 is 9.47 Å². The van der Waals surface area contributed by atoms with E-state index in [9.17, 15) is 14.9 Å². The average Bonchev–Trinajstić information content (AvgIpc) is 3.31. The molecule has 1 atom stereocenters. The lowest BCUT2D eigenvalue weighted by molar-refractivity contribution is -0.384. The van der Waals surface area contributed by atoms with Gasteiger partial charge in [0.15, 0.2) is 11.5 Å². The van der Waals surface area contributed by atoms with Crippen LogP contribution in [0.1, 0.15) is 23.5 Å². The van der Waals surface area contributed by atoms with E-state index in [2.05, 4.69) is 0 Å². The van der Waals surface area contributed by atoms with Crippen LogP contribution in [-0.2, 0) is 11.2 Å². The van der Waals surface area contributed by atoms with Crippen LogP contribution in [0, 0.1) is 10.1 Å². The number of hydrogen-bond donors (Lipinski definition) is 0. The highest BCUT2D eigenvalue weighted by Crippen LogP contribution is 2.37. The molecular formula is C19H18N2O5. The molecule has 0 N–H and O–H groups in total. The first kappa shape index (κ1) is 16.4. The lowest BCUT2D eigenvalue weighted by Gasteiger charge is -2.17. The Hall–Kier alpha value is -3.09. The summed E-state index contributed by atoms with van der Waals surface area (Å²) in [5, 5.41) is 10.7. The van der Waals surface area contributed by atoms with Crippen LogP contribution in [0.4, 0.5) is 5.69 Å². The van der Waals surface area contributed by atoms with Crippen LogP contribution in [0.5, 0.6) is 11.5 Å². The van der Waals surface area contributed by atoms with Gasteiger partial charge in [0.2, 0.25) is 12.7 Å². The Kier molecular flexibility index (Phi) is 4.20. The third-order valence-corrected chi connectivity index (χ3v) is 4.91. The second-order valence-corrected chi connectivity index (χ2v) is 6.54. The molecule has 1 amide bonds. The number of nitrogens with zero attached hydrogens (tertiary/aromatic N) is 2. The number of fused-ring (bicyclic) bond motifs is 1. The molecule has 0 radical (unpaired) electrons. The van der Waals surface area contributed by atoms with E-state index in [0.717, 1.165) is 29.0 Å². The zero-order chi connectivity index (χ0) is 18.1. The van der Waals surface area contributed by atoms with Crippen LogP contribution >= 0.6 is 0 Å². The van der Waals surface area contributed by atoms with Gasteiger partial charge in [0.25, 0.3) is 5.69 Å². The largest absolute Gasteiger partial charge is 0.454 e. The number of nitro benzene ring substituents is 1. The van der Waals surface area contributed by atoms with E-state index in [1.165, 1.54) is 12.1 Å². The molecule has 0 aliphatic carbocycles. The zero-order valence-electron chi connectivity index (χ0n) is 14.1. The van der Waals surface area contributed by atoms with Crippen molar-refractivity contribution in [3.8, 4) is 11.5 Å². The Morgan fingerprint density at radius 1 is 1.15 bits per heavy atom. The smallest absolute Gasteiger partial charge is 0.269 e. The number of ether oxygens (including phenoxy) is 2. The molecule has 2 aliphatic heterocycles. The van der Waals surface area contributed by atoms with Gasteiger partial charge in [0, 0.05) is 31.1 Å². The molecule has 0 aromatic heterocycles. The van der Waals surface area contributed by atoms with E-state index in [-0.39, 0.29) is 30.7 Å². The predicted octanol–water partition coefficient (Wildman–Crippen LogP) is 2.88. The van der Waals surface area contributed by atoms with Crippen molar-refractivity contribution >= 4 is 11.6 Å². The summed E-state index contributed by atoms with van der Waals surface area (Å²) in [4.78, 5) is 24.7. The molecule has 7 heteroatoms. The maximum Gasteiger partial charge on any atom is 0.269 e. The minimum atomic E-state index is -0.442. The topological polar surface area (TPSA) is 81.9 Å². The standard InChI is InChI=1S/C19H18N2O5/c22-19(9-13-1-4-16(5-2-13)21(23)24)20-8-7-15(11-20)14-3-6-17-18(10-14)26-12-25-17/h1-6,10,15H,7-9,11-12H2. The van der Waals surface area contributed by atoms with E-state index in [4.69, 9.17) is 9.47 Å². The third kappa shape index (κ3) is 3.20. The first-order valence-electron chi connectivity index (χ1n) is 8.51. The highest BCUT2D eigenvalue weighted by atomic mass is 16.7. The summed E-state index contributed by atoms with van der Waals surface area (Å²) < 4.78 is 10.8. The summed E-state index contributed by atoms with van der Waals surface area (Å²) in [6, 6.07) is 12.1. The van der Waals surface area contributed by atoms with Crippen molar-refractivity contribution in [2.45, 2.75) is 18.8 Å². The first-order valence-corrected chi connectivity index (χ1v) is 8.51. The van der Waals surface area contributed by atoms with Gasteiger partial charge in [0.1, 0.15) is 0 Å². The summed E-state index contributed by atoms with van der Waals surface area (Å²) in [5.41, 5.74) is 1.97. The van der Waals surface area contributed by atoms with Gasteiger partial charge in [-0.15, -0.1) is 0 Å². The van der Waals surface area contributed by atoms with E-state index < -0.39 is 4.92 Å². The van der Waals surface area contributed by atoms with Crippen LogP contribution in [0.3, 0.4) is 0 Å². The molecule has 134 valence electrons. The Balaban J connectivity index is 1.38. The molecule has 4 rings (SSSR count). The molecule has 7 nitrogen and oxygen atoms in total. The van der Waals surface area contributed by atoms with Crippen molar-refractivity contribution in [1.29, 1.82) is 0 Å². The molecular weight excluding hydrogens is 336 g/mol. The van der Waals surface area contributed by atoms with Gasteiger partial charge in [-0.1, -0.05) is 18.2 Å². The molecule has 1 unspecified atom stereocenters. The number of non-ortho nitro benzene ring substituents is 1. The van der Waals surface area contributed by atoms with Gasteiger partial charge in [-0.2, -0.15) is 0 Å². The van der Waals surface area contributed by atoms with E-state index in [0.29, 0.717) is 13.1 Å². The predicted molar refractivity (Wildman–Crippen MR) is 93.3 cm³/mol. The Bertz CT molecular complexity index is 850. The summed E-state index contributed by atoms with van der Waals surface area (Å²) in [5.74, 6) is 1.85. The lowest BCUT2D eigenvalue weighted by Crippen LogP contribution is -2.29. The molecule has 2 aromatic rings. The van der Waals surface area contributed by atoms with E-state index in [1.54, 1.807) is 12.1 Å². The summed E-state index contributed by atoms with van der Waals surface area (Å²) in [6.07, 6.45) is 1.16. The normalized spacial score (nSPS) is 18.2. The molecule has 0 saturated carbocycles. The van der Waals surface area contributed by atoms with Crippen LogP contribution in [0.2, 0.25) is 0 Å². The zero-order valence-corrected chi connectivity index (χ0v) is 14.1. The maximum atomic E-state index is 12.5. The Morgan fingerprint density at radius 3 is 2.69 bits per heavy atom. The molecule has 1 fully saturated rings. The molecule has 2 heterocycles. The first-order chi connectivity index (χ1) is 12.6. The van der Waals surface area contributed by atoms with E-state index in [1.807, 2.05) is 23.1 Å². The second-order valence-electron chi connectivity index (χ2n) is 6.54. The molecule has 1 saturated heterocycles. The monoisotopic (exact) mass is 354 g/mol. The van der Waals surface area contributed by atoms with E-state index >= 15 is 0 Å². The summed E-state index contributed by atoms with van der Waals surface area (Å²) >= 11 is 0. The van der Waals surface area contributed by atoms with Crippen molar-refractivity contribution in [1.82, 2.24) is 4.90 Å². The highest BCUT2D eigenvalue weighted by Gasteiger charge is 2.28. The number of nitro groups is 1. The number of benzene rings is 2. The van der Waals surface area contributed by atoms with Crippen molar-refractivity contribution in [2.24, 2.45) is 0 Å². The number of carbonyl (C=O) groups excluding carboxylic acids is 1. The number of hydrogen-bond acceptors (Lipinski definition) is 5. The molecule has 2 aromatic carbocycles. The van der Waals surface area contributed by atoms with Gasteiger partial charge in [-0.3, -0.25) is 14.9 Å². The Morgan fingerprint density at radius 2 is 1.92 bits per heavy atom.